The van der Waals surface area contributed by atoms with Crippen molar-refractivity contribution in [1.82, 2.24) is 5.32 Å². The number of anilines is 1. The molecule has 0 bridgehead atoms. The second kappa shape index (κ2) is 6.64. The number of nitrogens with zero attached hydrogens (tertiary/aromatic N) is 1. The Balaban J connectivity index is 1.51. The molecule has 1 saturated carbocycles. The lowest BCUT2D eigenvalue weighted by Crippen LogP contribution is -2.34. The maximum Gasteiger partial charge on any atom is 0.224 e. The van der Waals surface area contributed by atoms with E-state index < -0.39 is 0 Å². The molecule has 2 aliphatic rings. The zero-order chi connectivity index (χ0) is 18.2. The number of hydrogen-bond donors (Lipinski definition) is 2. The highest BCUT2D eigenvalue weighted by atomic mass is 16.3. The molecule has 1 amide bonds. The van der Waals surface area contributed by atoms with Crippen molar-refractivity contribution in [1.29, 1.82) is 0 Å². The summed E-state index contributed by atoms with van der Waals surface area (Å²) in [6.45, 7) is 11.6. The van der Waals surface area contributed by atoms with Gasteiger partial charge in [-0.25, -0.2) is 0 Å². The van der Waals surface area contributed by atoms with Crippen LogP contribution in [0.4, 0.5) is 5.69 Å². The molecule has 25 heavy (non-hydrogen) atoms. The number of hydrogen-bond acceptors (Lipinski definition) is 3. The third-order valence-electron chi connectivity index (χ3n) is 6.92. The lowest BCUT2D eigenvalue weighted by atomic mass is 9.97. The number of benzene rings is 1. The van der Waals surface area contributed by atoms with E-state index in [0.29, 0.717) is 19.1 Å². The van der Waals surface area contributed by atoms with E-state index in [1.165, 1.54) is 5.69 Å². The Bertz CT molecular complexity index is 599. The van der Waals surface area contributed by atoms with Gasteiger partial charge in [-0.2, -0.15) is 0 Å². The maximum absolute atomic E-state index is 12.4. The first-order chi connectivity index (χ1) is 11.8. The van der Waals surface area contributed by atoms with E-state index in [9.17, 15) is 9.90 Å². The molecule has 1 aromatic carbocycles. The largest absolute Gasteiger partial charge is 0.396 e. The predicted octanol–water partition coefficient (Wildman–Crippen LogP) is 3.19. The molecule has 4 nitrogen and oxygen atoms in total. The average molecular weight is 344 g/mol. The van der Waals surface area contributed by atoms with E-state index in [1.807, 2.05) is 0 Å². The SMILES string of the molecule is CC1(C)C(C(=O)NCc2ccc(N3CCC(CO)CC3)cc2)C1(C)C. The van der Waals surface area contributed by atoms with Gasteiger partial charge in [0.2, 0.25) is 5.91 Å². The van der Waals surface area contributed by atoms with Gasteiger partial charge in [-0.3, -0.25) is 4.79 Å². The number of rotatable bonds is 5. The third kappa shape index (κ3) is 3.41. The summed E-state index contributed by atoms with van der Waals surface area (Å²) in [5.74, 6) is 0.735. The van der Waals surface area contributed by atoms with Crippen LogP contribution in [0.15, 0.2) is 24.3 Å². The summed E-state index contributed by atoms with van der Waals surface area (Å²) in [6.07, 6.45) is 2.11. The molecule has 2 N–H and O–H groups in total. The minimum Gasteiger partial charge on any atom is -0.396 e. The Labute approximate surface area is 151 Å². The molecule has 1 aliphatic carbocycles. The fourth-order valence-electron chi connectivity index (χ4n) is 4.34. The van der Waals surface area contributed by atoms with Crippen molar-refractivity contribution in [2.45, 2.75) is 47.1 Å². The van der Waals surface area contributed by atoms with Gasteiger partial charge in [0.05, 0.1) is 0 Å². The highest BCUT2D eigenvalue weighted by molar-refractivity contribution is 5.84. The Hall–Kier alpha value is -1.55. The molecule has 0 spiro atoms. The van der Waals surface area contributed by atoms with Crippen LogP contribution in [0.2, 0.25) is 0 Å². The summed E-state index contributed by atoms with van der Waals surface area (Å²) in [7, 11) is 0. The summed E-state index contributed by atoms with van der Waals surface area (Å²) in [5, 5.41) is 12.3. The van der Waals surface area contributed by atoms with Crippen molar-refractivity contribution in [3.63, 3.8) is 0 Å². The molecule has 1 saturated heterocycles. The minimum atomic E-state index is 0.0850. The van der Waals surface area contributed by atoms with Crippen molar-refractivity contribution in [3.05, 3.63) is 29.8 Å². The summed E-state index contributed by atoms with van der Waals surface area (Å²) in [6, 6.07) is 8.51. The van der Waals surface area contributed by atoms with Crippen LogP contribution in [0.1, 0.15) is 46.1 Å². The van der Waals surface area contributed by atoms with E-state index in [2.05, 4.69) is 62.2 Å². The number of piperidine rings is 1. The van der Waals surface area contributed by atoms with Gasteiger partial charge >= 0.3 is 0 Å². The van der Waals surface area contributed by atoms with Crippen molar-refractivity contribution in [2.24, 2.45) is 22.7 Å². The number of carbonyl (C=O) groups is 1. The fourth-order valence-corrected chi connectivity index (χ4v) is 4.34. The fraction of sp³-hybridized carbons (Fsp3) is 0.667. The van der Waals surface area contributed by atoms with Gasteiger partial charge in [0.25, 0.3) is 0 Å². The molecule has 1 aromatic rings. The quantitative estimate of drug-likeness (QED) is 0.862. The van der Waals surface area contributed by atoms with Gasteiger partial charge in [-0.15, -0.1) is 0 Å². The maximum atomic E-state index is 12.4. The van der Waals surface area contributed by atoms with Crippen LogP contribution in [-0.2, 0) is 11.3 Å². The van der Waals surface area contributed by atoms with Crippen molar-refractivity contribution in [3.8, 4) is 0 Å². The Morgan fingerprint density at radius 1 is 1.12 bits per heavy atom. The summed E-state index contributed by atoms with van der Waals surface area (Å²) in [5.41, 5.74) is 2.54. The molecule has 138 valence electrons. The molecule has 0 unspecified atom stereocenters. The van der Waals surface area contributed by atoms with E-state index in [0.717, 1.165) is 31.5 Å². The second-order valence-corrected chi connectivity index (χ2v) is 8.87. The van der Waals surface area contributed by atoms with Gasteiger partial charge in [-0.1, -0.05) is 39.8 Å². The number of amides is 1. The molecular weight excluding hydrogens is 312 g/mol. The lowest BCUT2D eigenvalue weighted by Gasteiger charge is -2.33. The Morgan fingerprint density at radius 3 is 2.16 bits per heavy atom. The standard InChI is InChI=1S/C21H32N2O2/c1-20(2)18(21(20,3)4)19(25)22-13-15-5-7-17(8-6-15)23-11-9-16(14-24)10-12-23/h5-8,16,18,24H,9-14H2,1-4H3,(H,22,25). The molecule has 0 radical (unpaired) electrons. The summed E-state index contributed by atoms with van der Waals surface area (Å²) in [4.78, 5) is 14.8. The Kier molecular flexibility index (Phi) is 4.84. The van der Waals surface area contributed by atoms with Crippen molar-refractivity contribution >= 4 is 11.6 Å². The number of nitrogens with one attached hydrogen (secondary N) is 1. The van der Waals surface area contributed by atoms with Crippen LogP contribution in [0, 0.1) is 22.7 Å². The van der Waals surface area contributed by atoms with E-state index in [4.69, 9.17) is 0 Å². The average Bonchev–Trinajstić information content (AvgIpc) is 3.02. The van der Waals surface area contributed by atoms with E-state index in [-0.39, 0.29) is 22.7 Å². The monoisotopic (exact) mass is 344 g/mol. The predicted molar refractivity (Wildman–Crippen MR) is 101 cm³/mol. The zero-order valence-corrected chi connectivity index (χ0v) is 16.0. The first-order valence-electron chi connectivity index (χ1n) is 9.50. The molecule has 3 rings (SSSR count). The zero-order valence-electron chi connectivity index (χ0n) is 16.0. The molecule has 0 aromatic heterocycles. The number of aliphatic hydroxyl groups is 1. The highest BCUT2D eigenvalue weighted by Gasteiger charge is 2.68. The van der Waals surface area contributed by atoms with Gasteiger partial charge < -0.3 is 15.3 Å². The van der Waals surface area contributed by atoms with Crippen LogP contribution in [-0.4, -0.2) is 30.7 Å². The topological polar surface area (TPSA) is 52.6 Å². The smallest absolute Gasteiger partial charge is 0.224 e. The van der Waals surface area contributed by atoms with Gasteiger partial charge in [-0.05, 0) is 47.3 Å². The molecule has 1 heterocycles. The van der Waals surface area contributed by atoms with Crippen molar-refractivity contribution < 1.29 is 9.90 Å². The third-order valence-corrected chi connectivity index (χ3v) is 6.92. The Morgan fingerprint density at radius 2 is 1.68 bits per heavy atom. The molecule has 0 atom stereocenters. The number of aliphatic hydroxyl groups excluding tert-OH is 1. The molecular formula is C21H32N2O2. The molecule has 1 aliphatic heterocycles. The van der Waals surface area contributed by atoms with Gasteiger partial charge in [0, 0.05) is 37.8 Å². The van der Waals surface area contributed by atoms with Crippen LogP contribution in [0.3, 0.4) is 0 Å². The summed E-state index contributed by atoms with van der Waals surface area (Å²) >= 11 is 0. The molecule has 2 fully saturated rings. The van der Waals surface area contributed by atoms with Crippen LogP contribution in [0.25, 0.3) is 0 Å². The van der Waals surface area contributed by atoms with Gasteiger partial charge in [0.1, 0.15) is 0 Å². The van der Waals surface area contributed by atoms with Crippen LogP contribution in [0.5, 0.6) is 0 Å². The summed E-state index contributed by atoms with van der Waals surface area (Å²) < 4.78 is 0. The van der Waals surface area contributed by atoms with Crippen LogP contribution >= 0.6 is 0 Å². The van der Waals surface area contributed by atoms with Gasteiger partial charge in [0.15, 0.2) is 0 Å². The molecule has 4 heteroatoms. The minimum absolute atomic E-state index is 0.0850. The first-order valence-corrected chi connectivity index (χ1v) is 9.50. The van der Waals surface area contributed by atoms with Crippen LogP contribution < -0.4 is 10.2 Å². The second-order valence-electron chi connectivity index (χ2n) is 8.87. The first kappa shape index (κ1) is 18.2. The van der Waals surface area contributed by atoms with E-state index >= 15 is 0 Å². The normalized spacial score (nSPS) is 22.7. The lowest BCUT2D eigenvalue weighted by molar-refractivity contribution is -0.123. The number of carbonyl (C=O) groups excluding carboxylic acids is 1. The van der Waals surface area contributed by atoms with Crippen molar-refractivity contribution in [2.75, 3.05) is 24.6 Å². The van der Waals surface area contributed by atoms with E-state index in [1.54, 1.807) is 0 Å². The highest BCUT2D eigenvalue weighted by Crippen LogP contribution is 2.68.